The van der Waals surface area contributed by atoms with Gasteiger partial charge in [-0.15, -0.1) is 12.4 Å². The molecule has 0 radical (unpaired) electrons. The maximum atomic E-state index is 12.3. The minimum Gasteiger partial charge on any atom is -0.465 e. The van der Waals surface area contributed by atoms with E-state index >= 15 is 0 Å². The van der Waals surface area contributed by atoms with Gasteiger partial charge in [0.2, 0.25) is 10.0 Å². The van der Waals surface area contributed by atoms with E-state index < -0.39 is 16.0 Å². The first kappa shape index (κ1) is 20.9. The van der Waals surface area contributed by atoms with Crippen LogP contribution in [0.1, 0.15) is 29.8 Å². The Morgan fingerprint density at radius 1 is 1.36 bits per heavy atom. The molecule has 1 aromatic carbocycles. The third-order valence-electron chi connectivity index (χ3n) is 2.96. The Labute approximate surface area is 138 Å². The van der Waals surface area contributed by atoms with Crippen molar-refractivity contribution in [1.82, 2.24) is 10.0 Å². The summed E-state index contributed by atoms with van der Waals surface area (Å²) < 4.78 is 31.8. The van der Waals surface area contributed by atoms with Gasteiger partial charge in [0, 0.05) is 12.6 Å². The molecule has 0 fully saturated rings. The number of carbonyl (C=O) groups excluding carboxylic acids is 1. The lowest BCUT2D eigenvalue weighted by molar-refractivity contribution is 0.0596. The van der Waals surface area contributed by atoms with Crippen molar-refractivity contribution in [3.05, 3.63) is 29.3 Å². The van der Waals surface area contributed by atoms with Crippen LogP contribution in [-0.2, 0) is 14.8 Å². The van der Waals surface area contributed by atoms with Gasteiger partial charge in [0.1, 0.15) is 0 Å². The highest BCUT2D eigenvalue weighted by molar-refractivity contribution is 7.89. The number of rotatable bonds is 7. The molecule has 126 valence electrons. The van der Waals surface area contributed by atoms with E-state index in [4.69, 9.17) is 0 Å². The number of ether oxygens (including phenoxy) is 1. The van der Waals surface area contributed by atoms with Gasteiger partial charge in [0.15, 0.2) is 0 Å². The molecule has 0 amide bonds. The molecule has 0 unspecified atom stereocenters. The summed E-state index contributed by atoms with van der Waals surface area (Å²) in [5, 5.41) is 3.11. The highest BCUT2D eigenvalue weighted by Crippen LogP contribution is 2.18. The lowest BCUT2D eigenvalue weighted by Crippen LogP contribution is -2.39. The SMILES string of the molecule is CCN[C@H](C)CNS(=O)(=O)c1ccc(C)cc1C(=O)OC.Cl. The maximum Gasteiger partial charge on any atom is 0.339 e. The molecule has 0 saturated heterocycles. The third-order valence-corrected chi connectivity index (χ3v) is 4.44. The van der Waals surface area contributed by atoms with E-state index in [0.717, 1.165) is 12.1 Å². The Morgan fingerprint density at radius 3 is 2.55 bits per heavy atom. The first-order chi connectivity index (χ1) is 9.81. The maximum absolute atomic E-state index is 12.3. The van der Waals surface area contributed by atoms with E-state index in [0.29, 0.717) is 0 Å². The van der Waals surface area contributed by atoms with Gasteiger partial charge in [-0.2, -0.15) is 0 Å². The van der Waals surface area contributed by atoms with E-state index in [1.165, 1.54) is 19.2 Å². The normalized spacial score (nSPS) is 12.4. The van der Waals surface area contributed by atoms with Crippen molar-refractivity contribution < 1.29 is 17.9 Å². The van der Waals surface area contributed by atoms with Crippen molar-refractivity contribution in [2.24, 2.45) is 0 Å². The molecule has 0 heterocycles. The Kier molecular flexibility index (Phi) is 8.62. The second kappa shape index (κ2) is 9.09. The molecule has 1 rings (SSSR count). The van der Waals surface area contributed by atoms with Crippen LogP contribution in [0, 0.1) is 6.92 Å². The Balaban J connectivity index is 0.00000441. The van der Waals surface area contributed by atoms with E-state index in [1.807, 2.05) is 13.8 Å². The summed E-state index contributed by atoms with van der Waals surface area (Å²) in [6, 6.07) is 4.57. The van der Waals surface area contributed by atoms with Crippen LogP contribution in [0.3, 0.4) is 0 Å². The number of methoxy groups -OCH3 is 1. The molecule has 0 aliphatic heterocycles. The summed E-state index contributed by atoms with van der Waals surface area (Å²) in [5.41, 5.74) is 0.830. The predicted octanol–water partition coefficient (Wildman–Crippen LogP) is 1.48. The number of sulfonamides is 1. The van der Waals surface area contributed by atoms with E-state index in [1.54, 1.807) is 13.0 Å². The molecule has 2 N–H and O–H groups in total. The largest absolute Gasteiger partial charge is 0.465 e. The van der Waals surface area contributed by atoms with Gasteiger partial charge in [-0.25, -0.2) is 17.9 Å². The fourth-order valence-electron chi connectivity index (χ4n) is 1.88. The van der Waals surface area contributed by atoms with Gasteiger partial charge in [-0.3, -0.25) is 0 Å². The monoisotopic (exact) mass is 350 g/mol. The number of hydrogen-bond donors (Lipinski definition) is 2. The number of benzene rings is 1. The molecule has 0 aromatic heterocycles. The van der Waals surface area contributed by atoms with Crippen LogP contribution < -0.4 is 10.0 Å². The van der Waals surface area contributed by atoms with Gasteiger partial charge in [-0.1, -0.05) is 18.6 Å². The number of nitrogens with one attached hydrogen (secondary N) is 2. The highest BCUT2D eigenvalue weighted by atomic mass is 35.5. The van der Waals surface area contributed by atoms with Crippen LogP contribution in [0.25, 0.3) is 0 Å². The van der Waals surface area contributed by atoms with Gasteiger partial charge in [-0.05, 0) is 32.5 Å². The van der Waals surface area contributed by atoms with Gasteiger partial charge < -0.3 is 10.1 Å². The zero-order valence-corrected chi connectivity index (χ0v) is 14.8. The molecule has 0 saturated carbocycles. The first-order valence-electron chi connectivity index (χ1n) is 6.73. The molecular formula is C14H23ClN2O4S. The molecule has 1 atom stereocenters. The zero-order valence-electron chi connectivity index (χ0n) is 13.2. The quantitative estimate of drug-likeness (QED) is 0.728. The van der Waals surface area contributed by atoms with Gasteiger partial charge in [0.05, 0.1) is 17.6 Å². The minimum absolute atomic E-state index is 0. The van der Waals surface area contributed by atoms with E-state index in [-0.39, 0.29) is 35.5 Å². The van der Waals surface area contributed by atoms with Crippen molar-refractivity contribution in [2.75, 3.05) is 20.2 Å². The van der Waals surface area contributed by atoms with E-state index in [2.05, 4.69) is 14.8 Å². The molecule has 0 bridgehead atoms. The van der Waals surface area contributed by atoms with Gasteiger partial charge in [0.25, 0.3) is 0 Å². The number of carbonyl (C=O) groups is 1. The lowest BCUT2D eigenvalue weighted by Gasteiger charge is -2.15. The number of aryl methyl sites for hydroxylation is 1. The summed E-state index contributed by atoms with van der Waals surface area (Å²) in [7, 11) is -2.54. The summed E-state index contributed by atoms with van der Waals surface area (Å²) in [5.74, 6) is -0.668. The minimum atomic E-state index is -3.77. The van der Waals surface area contributed by atoms with Crippen molar-refractivity contribution in [2.45, 2.75) is 31.7 Å². The smallest absolute Gasteiger partial charge is 0.339 e. The van der Waals surface area contributed by atoms with Gasteiger partial charge >= 0.3 is 5.97 Å². The van der Waals surface area contributed by atoms with E-state index in [9.17, 15) is 13.2 Å². The summed E-state index contributed by atoms with van der Waals surface area (Å²) in [6.07, 6.45) is 0. The van der Waals surface area contributed by atoms with Crippen LogP contribution in [-0.4, -0.2) is 40.6 Å². The number of hydrogen-bond acceptors (Lipinski definition) is 5. The average molecular weight is 351 g/mol. The molecule has 0 aliphatic rings. The highest BCUT2D eigenvalue weighted by Gasteiger charge is 2.23. The lowest BCUT2D eigenvalue weighted by atomic mass is 10.1. The fourth-order valence-corrected chi connectivity index (χ4v) is 3.18. The van der Waals surface area contributed by atoms with Crippen LogP contribution in [0.4, 0.5) is 0 Å². The predicted molar refractivity (Wildman–Crippen MR) is 88.1 cm³/mol. The van der Waals surface area contributed by atoms with Crippen LogP contribution >= 0.6 is 12.4 Å². The second-order valence-corrected chi connectivity index (χ2v) is 6.54. The van der Waals surface area contributed by atoms with Crippen LogP contribution in [0.2, 0.25) is 0 Å². The third kappa shape index (κ3) is 5.57. The Bertz CT molecular complexity index is 605. The Hall–Kier alpha value is -1.15. The number of likely N-dealkylation sites (N-methyl/N-ethyl adjacent to an activating group) is 1. The van der Waals surface area contributed by atoms with Crippen LogP contribution in [0.5, 0.6) is 0 Å². The molecule has 0 spiro atoms. The summed E-state index contributed by atoms with van der Waals surface area (Å²) >= 11 is 0. The topological polar surface area (TPSA) is 84.5 Å². The molecule has 1 aromatic rings. The number of esters is 1. The fraction of sp³-hybridized carbons (Fsp3) is 0.500. The van der Waals surface area contributed by atoms with Crippen molar-refractivity contribution in [3.8, 4) is 0 Å². The molecule has 6 nitrogen and oxygen atoms in total. The molecule has 8 heteroatoms. The summed E-state index contributed by atoms with van der Waals surface area (Å²) in [6.45, 7) is 6.59. The first-order valence-corrected chi connectivity index (χ1v) is 8.22. The zero-order chi connectivity index (χ0) is 16.0. The summed E-state index contributed by atoms with van der Waals surface area (Å²) in [4.78, 5) is 11.7. The van der Waals surface area contributed by atoms with Crippen molar-refractivity contribution in [1.29, 1.82) is 0 Å². The van der Waals surface area contributed by atoms with Crippen molar-refractivity contribution in [3.63, 3.8) is 0 Å². The number of halogens is 1. The average Bonchev–Trinajstić information content (AvgIpc) is 2.44. The van der Waals surface area contributed by atoms with Crippen molar-refractivity contribution >= 4 is 28.4 Å². The molecular weight excluding hydrogens is 328 g/mol. The molecule has 22 heavy (non-hydrogen) atoms. The van der Waals surface area contributed by atoms with Crippen LogP contribution in [0.15, 0.2) is 23.1 Å². The Morgan fingerprint density at radius 2 is 2.00 bits per heavy atom. The second-order valence-electron chi connectivity index (χ2n) is 4.80. The molecule has 0 aliphatic carbocycles. The standard InChI is InChI=1S/C14H22N2O4S.ClH/c1-5-15-11(3)9-16-21(18,19)13-7-6-10(2)8-12(13)14(17)20-4;/h6-8,11,15-16H,5,9H2,1-4H3;1H/t11-;/m1./s1.